The predicted molar refractivity (Wildman–Crippen MR) is 102 cm³/mol. The van der Waals surface area contributed by atoms with E-state index in [1.807, 2.05) is 13.8 Å². The standard InChI is InChI=1S/C22H22O7/c1-13-4-8-15(9-5-13)19(23)27-12-17-18(22(3,26)21(25)28-17)29-20(24)16-10-6-14(2)7-11-16/h4-11,17-18,26H,12H2,1-3H3/t17-,18?,22+/m1/s1. The first-order chi connectivity index (χ1) is 13.7. The highest BCUT2D eigenvalue weighted by Crippen LogP contribution is 2.30. The van der Waals surface area contributed by atoms with Crippen molar-refractivity contribution in [2.24, 2.45) is 0 Å². The number of carbonyl (C=O) groups is 3. The van der Waals surface area contributed by atoms with Crippen LogP contribution in [0.1, 0.15) is 38.8 Å². The SMILES string of the molecule is Cc1ccc(C(=O)OC[C@H]2OC(=O)[C@@](C)(O)C2OC(=O)c2ccc(C)cc2)cc1. The van der Waals surface area contributed by atoms with Crippen LogP contribution >= 0.6 is 0 Å². The van der Waals surface area contributed by atoms with Gasteiger partial charge in [0.05, 0.1) is 11.1 Å². The van der Waals surface area contributed by atoms with E-state index in [0.29, 0.717) is 5.56 Å². The molecule has 7 nitrogen and oxygen atoms in total. The number of hydrogen-bond donors (Lipinski definition) is 1. The molecule has 2 aromatic carbocycles. The van der Waals surface area contributed by atoms with Crippen LogP contribution < -0.4 is 0 Å². The van der Waals surface area contributed by atoms with Crippen molar-refractivity contribution in [1.82, 2.24) is 0 Å². The van der Waals surface area contributed by atoms with Crippen LogP contribution in [0.4, 0.5) is 0 Å². The van der Waals surface area contributed by atoms with Crippen molar-refractivity contribution in [3.8, 4) is 0 Å². The lowest BCUT2D eigenvalue weighted by Crippen LogP contribution is -2.47. The van der Waals surface area contributed by atoms with E-state index in [9.17, 15) is 19.5 Å². The smallest absolute Gasteiger partial charge is 0.342 e. The summed E-state index contributed by atoms with van der Waals surface area (Å²) in [5.74, 6) is -2.28. The Bertz CT molecular complexity index is 913. The third-order valence-electron chi connectivity index (χ3n) is 4.75. The van der Waals surface area contributed by atoms with Crippen LogP contribution in [0, 0.1) is 13.8 Å². The summed E-state index contributed by atoms with van der Waals surface area (Å²) >= 11 is 0. The second-order valence-electron chi connectivity index (χ2n) is 7.25. The number of aliphatic hydroxyl groups is 1. The van der Waals surface area contributed by atoms with Gasteiger partial charge >= 0.3 is 17.9 Å². The molecule has 7 heteroatoms. The Kier molecular flexibility index (Phi) is 5.70. The zero-order chi connectivity index (χ0) is 21.2. The Labute approximate surface area is 168 Å². The quantitative estimate of drug-likeness (QED) is 0.610. The second-order valence-corrected chi connectivity index (χ2v) is 7.25. The maximum absolute atomic E-state index is 12.4. The van der Waals surface area contributed by atoms with E-state index < -0.39 is 35.7 Å². The first-order valence-corrected chi connectivity index (χ1v) is 9.13. The van der Waals surface area contributed by atoms with E-state index in [1.54, 1.807) is 48.5 Å². The minimum Gasteiger partial charge on any atom is -0.458 e. The van der Waals surface area contributed by atoms with Crippen LogP contribution in [-0.2, 0) is 19.0 Å². The molecule has 1 unspecified atom stereocenters. The van der Waals surface area contributed by atoms with Crippen molar-refractivity contribution >= 4 is 17.9 Å². The molecule has 3 rings (SSSR count). The van der Waals surface area contributed by atoms with Crippen LogP contribution in [0.25, 0.3) is 0 Å². The van der Waals surface area contributed by atoms with Gasteiger partial charge in [-0.1, -0.05) is 35.4 Å². The molecule has 0 saturated carbocycles. The van der Waals surface area contributed by atoms with E-state index in [0.717, 1.165) is 11.1 Å². The van der Waals surface area contributed by atoms with Crippen molar-refractivity contribution in [2.45, 2.75) is 38.6 Å². The molecule has 152 valence electrons. The van der Waals surface area contributed by atoms with Gasteiger partial charge in [0, 0.05) is 0 Å². The van der Waals surface area contributed by atoms with Crippen molar-refractivity contribution in [2.75, 3.05) is 6.61 Å². The van der Waals surface area contributed by atoms with Crippen molar-refractivity contribution < 1.29 is 33.7 Å². The molecule has 3 atom stereocenters. The van der Waals surface area contributed by atoms with E-state index in [-0.39, 0.29) is 12.2 Å². The molecular formula is C22H22O7. The van der Waals surface area contributed by atoms with Gasteiger partial charge < -0.3 is 19.3 Å². The summed E-state index contributed by atoms with van der Waals surface area (Å²) in [6.07, 6.45) is -2.45. The number of cyclic esters (lactones) is 1. The summed E-state index contributed by atoms with van der Waals surface area (Å²) in [6, 6.07) is 13.4. The lowest BCUT2D eigenvalue weighted by molar-refractivity contribution is -0.155. The predicted octanol–water partition coefficient (Wildman–Crippen LogP) is 2.36. The van der Waals surface area contributed by atoms with E-state index >= 15 is 0 Å². The van der Waals surface area contributed by atoms with Gasteiger partial charge in [0.2, 0.25) is 0 Å². The molecule has 1 N–H and O–H groups in total. The Morgan fingerprint density at radius 1 is 0.966 bits per heavy atom. The van der Waals surface area contributed by atoms with Gasteiger partial charge in [0.1, 0.15) is 6.61 Å². The first-order valence-electron chi connectivity index (χ1n) is 9.13. The van der Waals surface area contributed by atoms with E-state index in [2.05, 4.69) is 0 Å². The molecule has 29 heavy (non-hydrogen) atoms. The van der Waals surface area contributed by atoms with Gasteiger partial charge in [-0.05, 0) is 45.0 Å². The van der Waals surface area contributed by atoms with Gasteiger partial charge in [-0.3, -0.25) is 0 Å². The summed E-state index contributed by atoms with van der Waals surface area (Å²) in [6.45, 7) is 4.61. The number of benzene rings is 2. The molecule has 0 spiro atoms. The number of rotatable bonds is 5. The van der Waals surface area contributed by atoms with Crippen molar-refractivity contribution in [3.05, 3.63) is 70.8 Å². The fourth-order valence-electron chi connectivity index (χ4n) is 2.91. The minimum atomic E-state index is -2.05. The van der Waals surface area contributed by atoms with Gasteiger partial charge in [-0.25, -0.2) is 14.4 Å². The normalized spacial score (nSPS) is 23.4. The third-order valence-corrected chi connectivity index (χ3v) is 4.75. The molecule has 1 saturated heterocycles. The zero-order valence-corrected chi connectivity index (χ0v) is 16.4. The highest BCUT2D eigenvalue weighted by atomic mass is 16.6. The maximum atomic E-state index is 12.4. The molecule has 1 aliphatic heterocycles. The van der Waals surface area contributed by atoms with Crippen molar-refractivity contribution in [3.63, 3.8) is 0 Å². The topological polar surface area (TPSA) is 99.1 Å². The molecule has 0 aromatic heterocycles. The van der Waals surface area contributed by atoms with Crippen LogP contribution in [-0.4, -0.2) is 47.4 Å². The second kappa shape index (κ2) is 8.05. The van der Waals surface area contributed by atoms with Crippen LogP contribution in [0.15, 0.2) is 48.5 Å². The van der Waals surface area contributed by atoms with Crippen molar-refractivity contribution in [1.29, 1.82) is 0 Å². The first kappa shape index (κ1) is 20.5. The largest absolute Gasteiger partial charge is 0.458 e. The monoisotopic (exact) mass is 398 g/mol. The van der Waals surface area contributed by atoms with Crippen LogP contribution in [0.2, 0.25) is 0 Å². The van der Waals surface area contributed by atoms with Gasteiger partial charge in [0.25, 0.3) is 0 Å². The molecular weight excluding hydrogens is 376 g/mol. The highest BCUT2D eigenvalue weighted by molar-refractivity contribution is 5.91. The summed E-state index contributed by atoms with van der Waals surface area (Å²) in [7, 11) is 0. The lowest BCUT2D eigenvalue weighted by atomic mass is 9.98. The summed E-state index contributed by atoms with van der Waals surface area (Å²) in [5.41, 5.74) is 0.502. The van der Waals surface area contributed by atoms with Crippen LogP contribution in [0.3, 0.4) is 0 Å². The Morgan fingerprint density at radius 2 is 1.45 bits per heavy atom. The minimum absolute atomic E-state index is 0.265. The molecule has 0 aliphatic carbocycles. The Morgan fingerprint density at radius 3 is 1.97 bits per heavy atom. The molecule has 1 aliphatic rings. The van der Waals surface area contributed by atoms with Gasteiger partial charge in [0.15, 0.2) is 17.8 Å². The van der Waals surface area contributed by atoms with Crippen LogP contribution in [0.5, 0.6) is 0 Å². The Balaban J connectivity index is 1.70. The number of carbonyl (C=O) groups excluding carboxylic acids is 3. The summed E-state index contributed by atoms with van der Waals surface area (Å²) in [5, 5.41) is 10.5. The average Bonchev–Trinajstić information content (AvgIpc) is 2.90. The zero-order valence-electron chi connectivity index (χ0n) is 16.4. The third kappa shape index (κ3) is 4.46. The number of esters is 3. The van der Waals surface area contributed by atoms with Gasteiger partial charge in [-0.2, -0.15) is 0 Å². The average molecular weight is 398 g/mol. The fraction of sp³-hybridized carbons (Fsp3) is 0.318. The Hall–Kier alpha value is -3.19. The van der Waals surface area contributed by atoms with E-state index in [4.69, 9.17) is 14.2 Å². The summed E-state index contributed by atoms with van der Waals surface area (Å²) in [4.78, 5) is 36.7. The molecule has 0 bridgehead atoms. The lowest BCUT2D eigenvalue weighted by Gasteiger charge is -2.24. The molecule has 0 amide bonds. The number of hydrogen-bond acceptors (Lipinski definition) is 7. The van der Waals surface area contributed by atoms with Gasteiger partial charge in [-0.15, -0.1) is 0 Å². The molecule has 1 heterocycles. The molecule has 1 fully saturated rings. The number of aryl methyl sites for hydroxylation is 2. The summed E-state index contributed by atoms with van der Waals surface area (Å²) < 4.78 is 15.7. The molecule has 0 radical (unpaired) electrons. The van der Waals surface area contributed by atoms with E-state index in [1.165, 1.54) is 6.92 Å². The molecule has 2 aromatic rings. The highest BCUT2D eigenvalue weighted by Gasteiger charge is 2.56. The maximum Gasteiger partial charge on any atom is 0.342 e. The fourth-order valence-corrected chi connectivity index (χ4v) is 2.91. The number of ether oxygens (including phenoxy) is 3.